The van der Waals surface area contributed by atoms with Gasteiger partial charge in [-0.1, -0.05) is 13.0 Å². The minimum Gasteiger partial charge on any atom is -0.490 e. The van der Waals surface area contributed by atoms with Gasteiger partial charge in [-0.2, -0.15) is 0 Å². The third kappa shape index (κ3) is 2.35. The first kappa shape index (κ1) is 11.4. The summed E-state index contributed by atoms with van der Waals surface area (Å²) in [6, 6.07) is 4.89. The van der Waals surface area contributed by atoms with Crippen molar-refractivity contribution in [2.24, 2.45) is 11.7 Å². The lowest BCUT2D eigenvalue weighted by Gasteiger charge is -2.16. The highest BCUT2D eigenvalue weighted by molar-refractivity contribution is 5.34. The van der Waals surface area contributed by atoms with Crippen LogP contribution in [-0.2, 0) is 6.54 Å². The molecular formula is C13H18FNO. The van der Waals surface area contributed by atoms with Gasteiger partial charge in [0.05, 0.1) is 6.10 Å². The van der Waals surface area contributed by atoms with E-state index in [1.54, 1.807) is 12.1 Å². The molecule has 88 valence electrons. The minimum absolute atomic E-state index is 0.185. The number of halogens is 1. The van der Waals surface area contributed by atoms with Gasteiger partial charge in [-0.05, 0) is 37.3 Å². The molecule has 0 spiro atoms. The lowest BCUT2D eigenvalue weighted by atomic mass is 10.1. The first-order chi connectivity index (χ1) is 7.70. The molecule has 0 aromatic heterocycles. The highest BCUT2D eigenvalue weighted by atomic mass is 19.1. The Morgan fingerprint density at radius 3 is 2.88 bits per heavy atom. The van der Waals surface area contributed by atoms with Crippen LogP contribution in [0.4, 0.5) is 4.39 Å². The van der Waals surface area contributed by atoms with Gasteiger partial charge in [0, 0.05) is 12.1 Å². The summed E-state index contributed by atoms with van der Waals surface area (Å²) in [5, 5.41) is 0. The maximum absolute atomic E-state index is 13.4. The Kier molecular flexibility index (Phi) is 3.44. The predicted octanol–water partition coefficient (Wildman–Crippen LogP) is 2.85. The summed E-state index contributed by atoms with van der Waals surface area (Å²) in [5.41, 5.74) is 6.02. The molecule has 1 aliphatic carbocycles. The molecule has 16 heavy (non-hydrogen) atoms. The van der Waals surface area contributed by atoms with Crippen molar-refractivity contribution < 1.29 is 9.13 Å². The first-order valence-corrected chi connectivity index (χ1v) is 5.84. The van der Waals surface area contributed by atoms with Crippen molar-refractivity contribution in [2.45, 2.75) is 38.8 Å². The van der Waals surface area contributed by atoms with E-state index in [4.69, 9.17) is 10.5 Å². The molecule has 1 saturated carbocycles. The molecule has 0 heterocycles. The zero-order chi connectivity index (χ0) is 11.5. The second-order valence-corrected chi connectivity index (χ2v) is 4.58. The Labute approximate surface area is 95.6 Å². The van der Waals surface area contributed by atoms with E-state index in [9.17, 15) is 4.39 Å². The summed E-state index contributed by atoms with van der Waals surface area (Å²) in [6.45, 7) is 2.41. The Balaban J connectivity index is 2.12. The fourth-order valence-corrected chi connectivity index (χ4v) is 2.29. The number of ether oxygens (including phenoxy) is 1. The first-order valence-electron chi connectivity index (χ1n) is 5.84. The van der Waals surface area contributed by atoms with E-state index in [2.05, 4.69) is 6.92 Å². The maximum atomic E-state index is 13.4. The lowest BCUT2D eigenvalue weighted by molar-refractivity contribution is 0.202. The van der Waals surface area contributed by atoms with Crippen molar-refractivity contribution in [1.82, 2.24) is 0 Å². The number of hydrogen-bond donors (Lipinski definition) is 1. The van der Waals surface area contributed by atoms with Crippen molar-refractivity contribution >= 4 is 0 Å². The van der Waals surface area contributed by atoms with Gasteiger partial charge in [-0.25, -0.2) is 4.39 Å². The van der Waals surface area contributed by atoms with Crippen LogP contribution in [0.5, 0.6) is 5.75 Å². The Hall–Kier alpha value is -1.09. The van der Waals surface area contributed by atoms with Crippen molar-refractivity contribution in [3.05, 3.63) is 29.6 Å². The molecule has 1 fully saturated rings. The summed E-state index contributed by atoms with van der Waals surface area (Å²) in [4.78, 5) is 0. The van der Waals surface area contributed by atoms with Crippen LogP contribution >= 0.6 is 0 Å². The second-order valence-electron chi connectivity index (χ2n) is 4.58. The quantitative estimate of drug-likeness (QED) is 0.855. The molecule has 0 bridgehead atoms. The van der Waals surface area contributed by atoms with Crippen LogP contribution in [0.15, 0.2) is 18.2 Å². The number of nitrogens with two attached hydrogens (primary N) is 1. The largest absolute Gasteiger partial charge is 0.490 e. The fraction of sp³-hybridized carbons (Fsp3) is 0.538. The van der Waals surface area contributed by atoms with Crippen molar-refractivity contribution in [2.75, 3.05) is 0 Å². The van der Waals surface area contributed by atoms with Crippen LogP contribution < -0.4 is 10.5 Å². The molecule has 1 aromatic carbocycles. The summed E-state index contributed by atoms with van der Waals surface area (Å²) in [5.74, 6) is 1.05. The molecule has 0 amide bonds. The van der Waals surface area contributed by atoms with Crippen molar-refractivity contribution in [3.8, 4) is 5.75 Å². The molecule has 0 saturated heterocycles. The van der Waals surface area contributed by atoms with Crippen molar-refractivity contribution in [3.63, 3.8) is 0 Å². The molecule has 0 radical (unpaired) electrons. The van der Waals surface area contributed by atoms with E-state index in [1.807, 2.05) is 0 Å². The van der Waals surface area contributed by atoms with Gasteiger partial charge in [0.1, 0.15) is 11.6 Å². The topological polar surface area (TPSA) is 35.2 Å². The standard InChI is InChI=1S/C13H18FNO/c1-9-5-6-10(7-9)16-13-4-2-3-12(14)11(13)8-15/h2-4,9-10H,5-8,15H2,1H3. The highest BCUT2D eigenvalue weighted by Crippen LogP contribution is 2.30. The molecule has 2 rings (SSSR count). The van der Waals surface area contributed by atoms with Crippen LogP contribution in [0.1, 0.15) is 31.7 Å². The number of rotatable bonds is 3. The van der Waals surface area contributed by atoms with Gasteiger partial charge < -0.3 is 10.5 Å². The highest BCUT2D eigenvalue weighted by Gasteiger charge is 2.23. The lowest BCUT2D eigenvalue weighted by Crippen LogP contribution is -2.14. The molecule has 2 atom stereocenters. The van der Waals surface area contributed by atoms with E-state index in [0.717, 1.165) is 12.8 Å². The van der Waals surface area contributed by atoms with Gasteiger partial charge in [0.2, 0.25) is 0 Å². The van der Waals surface area contributed by atoms with Crippen LogP contribution in [0.3, 0.4) is 0 Å². The normalized spacial score (nSPS) is 24.7. The van der Waals surface area contributed by atoms with Crippen LogP contribution in [-0.4, -0.2) is 6.10 Å². The van der Waals surface area contributed by atoms with Crippen LogP contribution in [0, 0.1) is 11.7 Å². The van der Waals surface area contributed by atoms with E-state index < -0.39 is 0 Å². The molecule has 3 heteroatoms. The van der Waals surface area contributed by atoms with Crippen LogP contribution in [0.2, 0.25) is 0 Å². The SMILES string of the molecule is CC1CCC(Oc2cccc(F)c2CN)C1. The average Bonchev–Trinajstić information content (AvgIpc) is 2.64. The monoisotopic (exact) mass is 223 g/mol. The zero-order valence-electron chi connectivity index (χ0n) is 9.58. The van der Waals surface area contributed by atoms with Gasteiger partial charge in [-0.3, -0.25) is 0 Å². The Morgan fingerprint density at radius 1 is 1.44 bits per heavy atom. The maximum Gasteiger partial charge on any atom is 0.131 e. The van der Waals surface area contributed by atoms with Crippen molar-refractivity contribution in [1.29, 1.82) is 0 Å². The number of benzene rings is 1. The Bertz CT molecular complexity index is 367. The van der Waals surface area contributed by atoms with E-state index >= 15 is 0 Å². The van der Waals surface area contributed by atoms with Crippen LogP contribution in [0.25, 0.3) is 0 Å². The number of hydrogen-bond acceptors (Lipinski definition) is 2. The molecular weight excluding hydrogens is 205 g/mol. The minimum atomic E-state index is -0.272. The summed E-state index contributed by atoms with van der Waals surface area (Å²) in [6.07, 6.45) is 3.53. The average molecular weight is 223 g/mol. The summed E-state index contributed by atoms with van der Waals surface area (Å²) in [7, 11) is 0. The Morgan fingerprint density at radius 2 is 2.25 bits per heavy atom. The molecule has 0 aliphatic heterocycles. The molecule has 1 aromatic rings. The second kappa shape index (κ2) is 4.83. The zero-order valence-corrected chi connectivity index (χ0v) is 9.58. The van der Waals surface area contributed by atoms with Gasteiger partial charge in [0.25, 0.3) is 0 Å². The summed E-state index contributed by atoms with van der Waals surface area (Å²) < 4.78 is 19.3. The van der Waals surface area contributed by atoms with E-state index in [-0.39, 0.29) is 18.5 Å². The van der Waals surface area contributed by atoms with E-state index in [0.29, 0.717) is 17.2 Å². The third-order valence-electron chi connectivity index (χ3n) is 3.22. The summed E-state index contributed by atoms with van der Waals surface area (Å²) >= 11 is 0. The third-order valence-corrected chi connectivity index (χ3v) is 3.22. The van der Waals surface area contributed by atoms with Gasteiger partial charge in [0.15, 0.2) is 0 Å². The van der Waals surface area contributed by atoms with Gasteiger partial charge >= 0.3 is 0 Å². The van der Waals surface area contributed by atoms with Gasteiger partial charge in [-0.15, -0.1) is 0 Å². The fourth-order valence-electron chi connectivity index (χ4n) is 2.29. The van der Waals surface area contributed by atoms with E-state index in [1.165, 1.54) is 12.5 Å². The molecule has 2 unspecified atom stereocenters. The predicted molar refractivity (Wildman–Crippen MR) is 61.7 cm³/mol. The molecule has 2 N–H and O–H groups in total. The molecule has 1 aliphatic rings. The smallest absolute Gasteiger partial charge is 0.131 e. The molecule has 2 nitrogen and oxygen atoms in total.